The smallest absolute Gasteiger partial charge is 0.331 e. The molecule has 0 aliphatic carbocycles. The number of thioether (sulfide) groups is 2. The minimum absolute atomic E-state index is 0.420. The zero-order valence-corrected chi connectivity index (χ0v) is 21.8. The summed E-state index contributed by atoms with van der Waals surface area (Å²) in [5, 5.41) is 8.93. The number of benzene rings is 2. The van der Waals surface area contributed by atoms with E-state index in [1.54, 1.807) is 23.7 Å². The number of carboxylic acids is 1. The second kappa shape index (κ2) is 13.2. The van der Waals surface area contributed by atoms with Crippen LogP contribution in [-0.2, 0) is 4.79 Å². The molecule has 1 atom stereocenters. The van der Waals surface area contributed by atoms with E-state index in [4.69, 9.17) is 9.84 Å². The van der Waals surface area contributed by atoms with Crippen molar-refractivity contribution >= 4 is 52.8 Å². The highest BCUT2D eigenvalue weighted by molar-refractivity contribution is 7.99. The summed E-state index contributed by atoms with van der Waals surface area (Å²) in [5.74, 6) is 0.724. The molecule has 2 aromatic carbocycles. The average molecular weight is 505 g/mol. The van der Waals surface area contributed by atoms with Crippen molar-refractivity contribution in [2.45, 2.75) is 42.0 Å². The number of fused-ring (bicyclic) bond motifs is 1. The van der Waals surface area contributed by atoms with Gasteiger partial charge in [0.15, 0.2) is 0 Å². The number of hydrogen-bond acceptors (Lipinski definition) is 7. The predicted octanol–water partition coefficient (Wildman–Crippen LogP) is 6.77. The summed E-state index contributed by atoms with van der Waals surface area (Å²) in [7, 11) is 0. The van der Waals surface area contributed by atoms with Gasteiger partial charge in [-0.2, -0.15) is 11.8 Å². The molecule has 0 aromatic heterocycles. The summed E-state index contributed by atoms with van der Waals surface area (Å²) in [6.07, 6.45) is 9.96. The van der Waals surface area contributed by atoms with Crippen molar-refractivity contribution in [3.05, 3.63) is 54.8 Å². The molecule has 5 nitrogen and oxygen atoms in total. The van der Waals surface area contributed by atoms with Crippen LogP contribution in [0.15, 0.2) is 64.6 Å². The van der Waals surface area contributed by atoms with E-state index in [0.29, 0.717) is 11.8 Å². The standard InChI is InChI=1S/C25H32N2O3S3/c1-4-5-9-20-18-26(19-10-7-6-8-11-19)21-16-24(32-3)22(30-14-12-25(28)29)17-23(21)33-27(20)13-15-31-2/h6-8,10-12,14,16-17,20H,4-5,9,13,15,18H2,1-3H3,(H,28,29)/b14-12+. The van der Waals surface area contributed by atoms with Crippen LogP contribution in [0.1, 0.15) is 26.2 Å². The van der Waals surface area contributed by atoms with E-state index in [-0.39, 0.29) is 0 Å². The van der Waals surface area contributed by atoms with Gasteiger partial charge in [-0.25, -0.2) is 9.10 Å². The molecule has 0 amide bonds. The summed E-state index contributed by atoms with van der Waals surface area (Å²) in [4.78, 5) is 15.4. The Morgan fingerprint density at radius 1 is 1.27 bits per heavy atom. The Balaban J connectivity index is 2.07. The quantitative estimate of drug-likeness (QED) is 0.156. The number of unbranched alkanes of at least 4 members (excludes halogenated alkanes) is 1. The number of nitrogens with zero attached hydrogens (tertiary/aromatic N) is 2. The van der Waals surface area contributed by atoms with Gasteiger partial charge in [0.1, 0.15) is 5.75 Å². The minimum Gasteiger partial charge on any atom is -0.478 e. The van der Waals surface area contributed by atoms with Gasteiger partial charge in [0.05, 0.1) is 27.8 Å². The minimum atomic E-state index is -1.03. The lowest BCUT2D eigenvalue weighted by molar-refractivity contribution is -0.131. The molecule has 3 rings (SSSR count). The van der Waals surface area contributed by atoms with Gasteiger partial charge in [0.25, 0.3) is 0 Å². The largest absolute Gasteiger partial charge is 0.478 e. The second-order valence-electron chi connectivity index (χ2n) is 7.70. The maximum Gasteiger partial charge on any atom is 0.331 e. The van der Waals surface area contributed by atoms with E-state index < -0.39 is 5.97 Å². The Morgan fingerprint density at radius 3 is 2.73 bits per heavy atom. The first-order valence-corrected chi connectivity index (χ1v) is 14.5. The lowest BCUT2D eigenvalue weighted by atomic mass is 10.1. The zero-order valence-electron chi connectivity index (χ0n) is 19.4. The van der Waals surface area contributed by atoms with Gasteiger partial charge in [-0.1, -0.05) is 38.0 Å². The summed E-state index contributed by atoms with van der Waals surface area (Å²) in [6, 6.07) is 15.2. The van der Waals surface area contributed by atoms with Gasteiger partial charge in [0, 0.05) is 30.6 Å². The first kappa shape index (κ1) is 25.9. The predicted molar refractivity (Wildman–Crippen MR) is 143 cm³/mol. The van der Waals surface area contributed by atoms with Crippen LogP contribution in [0.2, 0.25) is 0 Å². The summed E-state index contributed by atoms with van der Waals surface area (Å²) < 4.78 is 8.29. The summed E-state index contributed by atoms with van der Waals surface area (Å²) in [5.41, 5.74) is 2.34. The van der Waals surface area contributed by atoms with E-state index in [9.17, 15) is 4.79 Å². The summed E-state index contributed by atoms with van der Waals surface area (Å²) in [6.45, 7) is 4.17. The van der Waals surface area contributed by atoms with Crippen LogP contribution >= 0.6 is 35.5 Å². The van der Waals surface area contributed by atoms with Crippen LogP contribution in [0.4, 0.5) is 11.4 Å². The van der Waals surface area contributed by atoms with Crippen LogP contribution < -0.4 is 9.64 Å². The lowest BCUT2D eigenvalue weighted by Crippen LogP contribution is -2.38. The van der Waals surface area contributed by atoms with Gasteiger partial charge in [-0.05, 0) is 55.1 Å². The van der Waals surface area contributed by atoms with Crippen molar-refractivity contribution in [1.29, 1.82) is 0 Å². The maximum atomic E-state index is 10.9. The van der Waals surface area contributed by atoms with Crippen molar-refractivity contribution in [2.24, 2.45) is 0 Å². The first-order valence-electron chi connectivity index (χ1n) is 11.1. The molecular formula is C25H32N2O3S3. The highest BCUT2D eigenvalue weighted by atomic mass is 32.2. The van der Waals surface area contributed by atoms with Crippen LogP contribution in [-0.4, -0.2) is 52.8 Å². The third kappa shape index (κ3) is 7.12. The number of carbonyl (C=O) groups is 1. The van der Waals surface area contributed by atoms with E-state index >= 15 is 0 Å². The highest BCUT2D eigenvalue weighted by Crippen LogP contribution is 2.46. The number of ether oxygens (including phenoxy) is 1. The van der Waals surface area contributed by atoms with Gasteiger partial charge in [-0.3, -0.25) is 0 Å². The SMILES string of the molecule is CCCCC1CN(c2ccccc2)c2cc(SC)c(O/C=C/C(=O)O)cc2SN1CCSC. The van der Waals surface area contributed by atoms with Gasteiger partial charge in [0.2, 0.25) is 0 Å². The number of hydrogen-bond donors (Lipinski definition) is 1. The zero-order chi connectivity index (χ0) is 23.6. The van der Waals surface area contributed by atoms with Gasteiger partial charge in [-0.15, -0.1) is 11.8 Å². The van der Waals surface area contributed by atoms with Crippen molar-refractivity contribution in [2.75, 3.05) is 36.3 Å². The van der Waals surface area contributed by atoms with Crippen LogP contribution in [0.25, 0.3) is 0 Å². The molecule has 0 radical (unpaired) electrons. The number of anilines is 2. The molecule has 0 saturated heterocycles. The number of carboxylic acid groups (broad SMARTS) is 1. The molecule has 1 unspecified atom stereocenters. The van der Waals surface area contributed by atoms with Crippen molar-refractivity contribution in [1.82, 2.24) is 4.31 Å². The first-order chi connectivity index (χ1) is 16.1. The molecule has 8 heteroatoms. The molecular weight excluding hydrogens is 472 g/mol. The molecule has 0 saturated carbocycles. The molecule has 2 aromatic rings. The van der Waals surface area contributed by atoms with Crippen LogP contribution in [0, 0.1) is 0 Å². The molecule has 178 valence electrons. The lowest BCUT2D eigenvalue weighted by Gasteiger charge is -2.31. The van der Waals surface area contributed by atoms with E-state index in [1.807, 2.05) is 18.0 Å². The fourth-order valence-corrected chi connectivity index (χ4v) is 5.98. The molecule has 0 spiro atoms. The Labute approximate surface area is 210 Å². The number of aliphatic carboxylic acids is 1. The van der Waals surface area contributed by atoms with Crippen LogP contribution in [0.3, 0.4) is 0 Å². The molecule has 1 N–H and O–H groups in total. The summed E-state index contributed by atoms with van der Waals surface area (Å²) >= 11 is 5.27. The van der Waals surface area contributed by atoms with Gasteiger partial charge < -0.3 is 14.7 Å². The second-order valence-corrected chi connectivity index (χ2v) is 10.6. The monoisotopic (exact) mass is 504 g/mol. The molecule has 0 fully saturated rings. The average Bonchev–Trinajstić information content (AvgIpc) is 2.97. The highest BCUT2D eigenvalue weighted by Gasteiger charge is 2.30. The third-order valence-corrected chi connectivity index (χ3v) is 8.02. The Bertz CT molecular complexity index is 940. The number of para-hydroxylation sites is 1. The molecule has 1 heterocycles. The molecule has 1 aliphatic rings. The number of rotatable bonds is 11. The fourth-order valence-electron chi connectivity index (χ4n) is 3.77. The van der Waals surface area contributed by atoms with Crippen molar-refractivity contribution < 1.29 is 14.6 Å². The normalized spacial score (nSPS) is 16.6. The fraction of sp³-hybridized carbons (Fsp3) is 0.400. The van der Waals surface area contributed by atoms with Crippen molar-refractivity contribution in [3.8, 4) is 5.75 Å². The van der Waals surface area contributed by atoms with E-state index in [0.717, 1.165) is 41.1 Å². The third-order valence-electron chi connectivity index (χ3n) is 5.43. The Hall–Kier alpha value is -1.74. The van der Waals surface area contributed by atoms with E-state index in [2.05, 4.69) is 64.8 Å². The van der Waals surface area contributed by atoms with Crippen LogP contribution in [0.5, 0.6) is 5.75 Å². The molecule has 0 bridgehead atoms. The van der Waals surface area contributed by atoms with Crippen molar-refractivity contribution in [3.63, 3.8) is 0 Å². The Kier molecular flexibility index (Phi) is 10.4. The Morgan fingerprint density at radius 2 is 2.06 bits per heavy atom. The van der Waals surface area contributed by atoms with Gasteiger partial charge >= 0.3 is 5.97 Å². The molecule has 1 aliphatic heterocycles. The topological polar surface area (TPSA) is 53.0 Å². The van der Waals surface area contributed by atoms with E-state index in [1.165, 1.54) is 30.5 Å². The maximum absolute atomic E-state index is 10.9. The molecule has 33 heavy (non-hydrogen) atoms.